The molecule has 0 radical (unpaired) electrons. The van der Waals surface area contributed by atoms with E-state index < -0.39 is 5.60 Å². The second-order valence-electron chi connectivity index (χ2n) is 8.13. The van der Waals surface area contributed by atoms with E-state index in [2.05, 4.69) is 38.9 Å². The van der Waals surface area contributed by atoms with Gasteiger partial charge >= 0.3 is 5.97 Å². The molecule has 0 unspecified atom stereocenters. The normalized spacial score (nSPS) is 12.4. The first-order chi connectivity index (χ1) is 11.0. The van der Waals surface area contributed by atoms with Crippen LogP contribution < -0.4 is 0 Å². The van der Waals surface area contributed by atoms with E-state index in [0.717, 1.165) is 16.5 Å². The molecule has 0 aliphatic heterocycles. The molecule has 1 aromatic carbocycles. The van der Waals surface area contributed by atoms with Crippen LogP contribution in [0.4, 0.5) is 0 Å². The summed E-state index contributed by atoms with van der Waals surface area (Å²) in [4.78, 5) is 12.5. The van der Waals surface area contributed by atoms with Crippen LogP contribution in [0.15, 0.2) is 12.3 Å². The summed E-state index contributed by atoms with van der Waals surface area (Å²) in [5.41, 5.74) is 4.19. The highest BCUT2D eigenvalue weighted by Crippen LogP contribution is 2.35. The fraction of sp³-hybridized carbons (Fsp3) is 0.600. The highest BCUT2D eigenvalue weighted by Gasteiger charge is 2.24. The molecule has 2 rings (SSSR count). The molecule has 0 spiro atoms. The Kier molecular flexibility index (Phi) is 5.07. The van der Waals surface area contributed by atoms with Crippen LogP contribution in [0.2, 0.25) is 0 Å². The largest absolute Gasteiger partial charge is 0.460 e. The predicted molar refractivity (Wildman–Crippen MR) is 98.4 cm³/mol. The molecule has 132 valence electrons. The predicted octanol–water partition coefficient (Wildman–Crippen LogP) is 4.70. The van der Waals surface area contributed by atoms with Crippen LogP contribution in [0.25, 0.3) is 10.9 Å². The van der Waals surface area contributed by atoms with Gasteiger partial charge in [-0.1, -0.05) is 27.7 Å². The first kappa shape index (κ1) is 18.5. The molecule has 24 heavy (non-hydrogen) atoms. The Morgan fingerprint density at radius 3 is 2.33 bits per heavy atom. The summed E-state index contributed by atoms with van der Waals surface area (Å²) in [6.07, 6.45) is 2.22. The minimum atomic E-state index is -0.467. The van der Waals surface area contributed by atoms with Gasteiger partial charge in [0.25, 0.3) is 0 Å². The average Bonchev–Trinajstić information content (AvgIpc) is 2.76. The number of fused-ring (bicyclic) bond motifs is 1. The van der Waals surface area contributed by atoms with Gasteiger partial charge in [0.1, 0.15) is 5.60 Å². The number of hydrogen-bond donors (Lipinski definition) is 0. The Labute approximate surface area is 145 Å². The Hall–Kier alpha value is -1.84. The molecule has 1 heterocycles. The van der Waals surface area contributed by atoms with Gasteiger partial charge in [0.2, 0.25) is 0 Å². The van der Waals surface area contributed by atoms with Crippen molar-refractivity contribution in [3.05, 3.63) is 29.0 Å². The topological polar surface area (TPSA) is 44.1 Å². The Morgan fingerprint density at radius 1 is 1.21 bits per heavy atom. The molecule has 0 amide bonds. The monoisotopic (exact) mass is 330 g/mol. The van der Waals surface area contributed by atoms with Crippen LogP contribution in [0.5, 0.6) is 0 Å². The number of rotatable bonds is 4. The Morgan fingerprint density at radius 2 is 1.83 bits per heavy atom. The molecule has 4 nitrogen and oxygen atoms in total. The van der Waals surface area contributed by atoms with Gasteiger partial charge < -0.3 is 4.74 Å². The van der Waals surface area contributed by atoms with E-state index in [1.807, 2.05) is 38.7 Å². The number of aryl methyl sites for hydroxylation is 1. The van der Waals surface area contributed by atoms with Crippen molar-refractivity contribution in [2.24, 2.45) is 7.05 Å². The van der Waals surface area contributed by atoms with Crippen molar-refractivity contribution in [3.63, 3.8) is 0 Å². The van der Waals surface area contributed by atoms with E-state index in [9.17, 15) is 4.79 Å². The Balaban J connectivity index is 2.63. The third-order valence-electron chi connectivity index (χ3n) is 4.18. The minimum Gasteiger partial charge on any atom is -0.460 e. The van der Waals surface area contributed by atoms with Gasteiger partial charge in [-0.2, -0.15) is 5.10 Å². The van der Waals surface area contributed by atoms with Crippen molar-refractivity contribution in [2.75, 3.05) is 0 Å². The summed E-state index contributed by atoms with van der Waals surface area (Å²) < 4.78 is 7.48. The maximum absolute atomic E-state index is 12.5. The molecule has 4 heteroatoms. The SMILES string of the molecule is CC(C)c1cc2c(cnn2C)c(C(C)C)c1CC(=O)OC(C)(C)C. The first-order valence-corrected chi connectivity index (χ1v) is 8.70. The van der Waals surface area contributed by atoms with Gasteiger partial charge in [-0.25, -0.2) is 0 Å². The van der Waals surface area contributed by atoms with Crippen molar-refractivity contribution >= 4 is 16.9 Å². The van der Waals surface area contributed by atoms with E-state index in [1.54, 1.807) is 0 Å². The molecular weight excluding hydrogens is 300 g/mol. The molecule has 0 saturated heterocycles. The van der Waals surface area contributed by atoms with Crippen LogP contribution in [0, 0.1) is 0 Å². The summed E-state index contributed by atoms with van der Waals surface area (Å²) in [5.74, 6) is 0.474. The van der Waals surface area contributed by atoms with Crippen molar-refractivity contribution < 1.29 is 9.53 Å². The number of nitrogens with zero attached hydrogens (tertiary/aromatic N) is 2. The average molecular weight is 330 g/mol. The van der Waals surface area contributed by atoms with E-state index in [4.69, 9.17) is 4.74 Å². The lowest BCUT2D eigenvalue weighted by Crippen LogP contribution is -2.25. The standard InChI is InChI=1S/C20H30N2O2/c1-12(2)14-9-17-16(11-21-22(17)8)19(13(3)4)15(14)10-18(23)24-20(5,6)7/h9,11-13H,10H2,1-8H3. The van der Waals surface area contributed by atoms with Crippen molar-refractivity contribution in [1.82, 2.24) is 9.78 Å². The van der Waals surface area contributed by atoms with Crippen molar-refractivity contribution in [3.8, 4) is 0 Å². The summed E-state index contributed by atoms with van der Waals surface area (Å²) in [6.45, 7) is 14.4. The minimum absolute atomic E-state index is 0.172. The van der Waals surface area contributed by atoms with E-state index in [0.29, 0.717) is 18.3 Å². The number of benzene rings is 1. The third kappa shape index (κ3) is 3.80. The lowest BCUT2D eigenvalue weighted by molar-refractivity contribution is -0.153. The van der Waals surface area contributed by atoms with Gasteiger partial charge in [-0.15, -0.1) is 0 Å². The first-order valence-electron chi connectivity index (χ1n) is 8.70. The number of aromatic nitrogens is 2. The lowest BCUT2D eigenvalue weighted by Gasteiger charge is -2.23. The number of carbonyl (C=O) groups is 1. The summed E-state index contributed by atoms with van der Waals surface area (Å²) in [6, 6.07) is 2.18. The van der Waals surface area contributed by atoms with Crippen LogP contribution in [-0.2, 0) is 23.0 Å². The van der Waals surface area contributed by atoms with Crippen molar-refractivity contribution in [1.29, 1.82) is 0 Å². The van der Waals surface area contributed by atoms with Crippen molar-refractivity contribution in [2.45, 2.75) is 72.3 Å². The number of esters is 1. The molecule has 0 N–H and O–H groups in total. The molecular formula is C20H30N2O2. The highest BCUT2D eigenvalue weighted by atomic mass is 16.6. The number of carbonyl (C=O) groups excluding carboxylic acids is 1. The van der Waals surface area contributed by atoms with Gasteiger partial charge in [-0.05, 0) is 55.4 Å². The van der Waals surface area contributed by atoms with E-state index in [1.165, 1.54) is 11.1 Å². The molecule has 0 atom stereocenters. The van der Waals surface area contributed by atoms with Crippen LogP contribution in [0.3, 0.4) is 0 Å². The van der Waals surface area contributed by atoms with Crippen LogP contribution >= 0.6 is 0 Å². The summed E-state index contributed by atoms with van der Waals surface area (Å²) in [7, 11) is 1.96. The summed E-state index contributed by atoms with van der Waals surface area (Å²) in [5, 5.41) is 5.55. The van der Waals surface area contributed by atoms with Gasteiger partial charge in [0, 0.05) is 12.4 Å². The van der Waals surface area contributed by atoms with Gasteiger partial charge in [-0.3, -0.25) is 9.48 Å². The molecule has 0 fully saturated rings. The van der Waals surface area contributed by atoms with Gasteiger partial charge in [0.15, 0.2) is 0 Å². The number of ether oxygens (including phenoxy) is 1. The zero-order valence-electron chi connectivity index (χ0n) is 16.2. The third-order valence-corrected chi connectivity index (χ3v) is 4.18. The number of hydrogen-bond acceptors (Lipinski definition) is 3. The quantitative estimate of drug-likeness (QED) is 0.763. The maximum atomic E-state index is 12.5. The van der Waals surface area contributed by atoms with E-state index >= 15 is 0 Å². The molecule has 0 aliphatic carbocycles. The molecule has 0 aliphatic rings. The zero-order chi connectivity index (χ0) is 18.2. The highest BCUT2D eigenvalue weighted by molar-refractivity contribution is 5.87. The fourth-order valence-corrected chi connectivity index (χ4v) is 3.27. The summed E-state index contributed by atoms with van der Waals surface area (Å²) >= 11 is 0. The zero-order valence-corrected chi connectivity index (χ0v) is 16.2. The van der Waals surface area contributed by atoms with Crippen LogP contribution in [0.1, 0.15) is 77.0 Å². The molecule has 0 saturated carbocycles. The maximum Gasteiger partial charge on any atom is 0.310 e. The molecule has 2 aromatic rings. The second kappa shape index (κ2) is 6.58. The second-order valence-corrected chi connectivity index (χ2v) is 8.13. The lowest BCUT2D eigenvalue weighted by atomic mass is 9.85. The van der Waals surface area contributed by atoms with Gasteiger partial charge in [0.05, 0.1) is 18.1 Å². The van der Waals surface area contributed by atoms with E-state index in [-0.39, 0.29) is 5.97 Å². The molecule has 1 aromatic heterocycles. The van der Waals surface area contributed by atoms with Crippen LogP contribution in [-0.4, -0.2) is 21.4 Å². The smallest absolute Gasteiger partial charge is 0.310 e. The molecule has 0 bridgehead atoms. The Bertz CT molecular complexity index is 749. The fourth-order valence-electron chi connectivity index (χ4n) is 3.27.